The van der Waals surface area contributed by atoms with E-state index in [2.05, 4.69) is 118 Å². The molecule has 4 aromatic rings. The Balaban J connectivity index is 1.60. The van der Waals surface area contributed by atoms with Crippen molar-refractivity contribution in [1.82, 2.24) is 4.98 Å². The van der Waals surface area contributed by atoms with Crippen LogP contribution in [0.3, 0.4) is 0 Å². The van der Waals surface area contributed by atoms with Gasteiger partial charge in [0.2, 0.25) is 0 Å². The number of rotatable bonds is 5. The average Bonchev–Trinajstić information content (AvgIpc) is 3.52. The van der Waals surface area contributed by atoms with Crippen molar-refractivity contribution in [3.8, 4) is 11.1 Å². The zero-order valence-electron chi connectivity index (χ0n) is 22.7. The van der Waals surface area contributed by atoms with Crippen LogP contribution in [0.5, 0.6) is 0 Å². The monoisotopic (exact) mass is 648 g/mol. The summed E-state index contributed by atoms with van der Waals surface area (Å²) in [5, 5.41) is 2.69. The van der Waals surface area contributed by atoms with Gasteiger partial charge in [0.15, 0.2) is 0 Å². The number of nitrogens with zero attached hydrogens (tertiary/aromatic N) is 1. The van der Waals surface area contributed by atoms with Crippen LogP contribution in [-0.2, 0) is 15.6 Å². The molecule has 0 saturated carbocycles. The summed E-state index contributed by atoms with van der Waals surface area (Å²) in [5.74, 6) is -1.51. The van der Waals surface area contributed by atoms with Gasteiger partial charge < -0.3 is 0 Å². The molecular weight excluding hydrogens is 617 g/mol. The van der Waals surface area contributed by atoms with Crippen molar-refractivity contribution in [2.75, 3.05) is 0 Å². The van der Waals surface area contributed by atoms with Crippen molar-refractivity contribution in [3.63, 3.8) is 0 Å². The Morgan fingerprint density at radius 2 is 1.58 bits per heavy atom. The van der Waals surface area contributed by atoms with E-state index in [0.29, 0.717) is 0 Å². The Morgan fingerprint density at radius 3 is 2.34 bits per heavy atom. The summed E-state index contributed by atoms with van der Waals surface area (Å²) in [4.78, 5) is 4.80. The van der Waals surface area contributed by atoms with Gasteiger partial charge in [0.25, 0.3) is 0 Å². The van der Waals surface area contributed by atoms with Crippen LogP contribution in [-0.4, -0.2) is 19.0 Å². The fourth-order valence-corrected chi connectivity index (χ4v) is 43.8. The van der Waals surface area contributed by atoms with Gasteiger partial charge in [-0.05, 0) is 0 Å². The predicted octanol–water partition coefficient (Wildman–Crippen LogP) is 9.97. The molecule has 0 aliphatic heterocycles. The van der Waals surface area contributed by atoms with Crippen molar-refractivity contribution < 1.29 is 15.6 Å². The second-order valence-electron chi connectivity index (χ2n) is 12.4. The fraction of sp³-hybridized carbons (Fsp3) is 0.219. The first-order valence-electron chi connectivity index (χ1n) is 13.5. The Morgan fingerprint density at radius 1 is 0.868 bits per heavy atom. The van der Waals surface area contributed by atoms with Crippen molar-refractivity contribution >= 4 is 54.1 Å². The third kappa shape index (κ3) is 3.98. The molecule has 38 heavy (non-hydrogen) atoms. The summed E-state index contributed by atoms with van der Waals surface area (Å²) in [6.45, 7) is 12.2. The Bertz CT molecular complexity index is 1650. The first-order chi connectivity index (χ1) is 18.0. The van der Waals surface area contributed by atoms with Gasteiger partial charge in [-0.2, -0.15) is 0 Å². The Labute approximate surface area is 236 Å². The number of benzene rings is 3. The van der Waals surface area contributed by atoms with Crippen molar-refractivity contribution in [3.05, 3.63) is 113 Å². The predicted molar refractivity (Wildman–Crippen MR) is 170 cm³/mol. The van der Waals surface area contributed by atoms with Crippen LogP contribution in [0.25, 0.3) is 34.2 Å². The molecule has 1 heterocycles. The topological polar surface area (TPSA) is 12.9 Å². The third-order valence-corrected chi connectivity index (χ3v) is 63.6. The number of fused-ring (bicyclic) bond motifs is 3. The Kier molecular flexibility index (Phi) is 6.49. The minimum atomic E-state index is -4.59. The van der Waals surface area contributed by atoms with Crippen LogP contribution < -0.4 is 0 Å². The van der Waals surface area contributed by atoms with E-state index < -0.39 is 29.6 Å². The van der Waals surface area contributed by atoms with Gasteiger partial charge >= 0.3 is 238 Å². The van der Waals surface area contributed by atoms with Crippen LogP contribution in [0.1, 0.15) is 29.5 Å². The SMILES string of the molecule is C[SiH](C)[Zr]([Cl])([Cl])([CH]1C=Cc2ccccc21)[CH]1C([Si](C)(C)C)=Cc2c(-c3cnc4ccccc4c3)cccc21. The summed E-state index contributed by atoms with van der Waals surface area (Å²) < 4.78 is 0.284. The number of pyridine rings is 1. The van der Waals surface area contributed by atoms with Gasteiger partial charge in [0.1, 0.15) is 0 Å². The molecule has 193 valence electrons. The van der Waals surface area contributed by atoms with Gasteiger partial charge in [0, 0.05) is 0 Å². The van der Waals surface area contributed by atoms with E-state index in [1.165, 1.54) is 33.0 Å². The van der Waals surface area contributed by atoms with E-state index in [9.17, 15) is 0 Å². The zero-order chi connectivity index (χ0) is 26.9. The molecule has 0 radical (unpaired) electrons. The number of para-hydroxylation sites is 1. The summed E-state index contributed by atoms with van der Waals surface area (Å²) >= 11 is -4.59. The maximum absolute atomic E-state index is 8.33. The summed E-state index contributed by atoms with van der Waals surface area (Å²) in [5.41, 5.74) is 8.68. The minimum absolute atomic E-state index is 0.141. The van der Waals surface area contributed by atoms with E-state index in [1.807, 2.05) is 12.3 Å². The van der Waals surface area contributed by atoms with Crippen molar-refractivity contribution in [1.29, 1.82) is 0 Å². The van der Waals surface area contributed by atoms with Gasteiger partial charge in [-0.1, -0.05) is 0 Å². The zero-order valence-corrected chi connectivity index (χ0v) is 28.8. The normalized spacial score (nSPS) is 19.8. The van der Waals surface area contributed by atoms with Gasteiger partial charge in [-0.15, -0.1) is 0 Å². The molecule has 0 saturated heterocycles. The van der Waals surface area contributed by atoms with Crippen LogP contribution in [0.2, 0.25) is 32.7 Å². The number of aromatic nitrogens is 1. The van der Waals surface area contributed by atoms with E-state index in [1.54, 1.807) is 0 Å². The quantitative estimate of drug-likeness (QED) is 0.196. The third-order valence-electron chi connectivity index (χ3n) is 8.88. The molecule has 3 aromatic carbocycles. The Hall–Kier alpha value is -1.55. The molecule has 0 fully saturated rings. The molecule has 2 aliphatic carbocycles. The molecule has 2 atom stereocenters. The first-order valence-corrected chi connectivity index (χ1v) is 33.4. The van der Waals surface area contributed by atoms with Gasteiger partial charge in [-0.25, -0.2) is 0 Å². The van der Waals surface area contributed by atoms with Gasteiger partial charge in [0.05, 0.1) is 0 Å². The molecule has 2 unspecified atom stereocenters. The molecule has 0 amide bonds. The second kappa shape index (κ2) is 9.25. The van der Waals surface area contributed by atoms with Crippen LogP contribution in [0, 0.1) is 0 Å². The van der Waals surface area contributed by atoms with Crippen LogP contribution in [0.15, 0.2) is 90.3 Å². The summed E-state index contributed by atoms with van der Waals surface area (Å²) in [7, 11) is 14.9. The molecule has 0 bridgehead atoms. The molecule has 6 heteroatoms. The molecular formula is C32H34Cl2NSi2Zr. The molecule has 1 aromatic heterocycles. The van der Waals surface area contributed by atoms with Gasteiger partial charge in [-0.3, -0.25) is 0 Å². The molecule has 2 aliphatic rings. The standard InChI is InChI=1S/C21H20NSi.C9H7.C2H7Si.2ClH.Zr/c1-23(2,3)18-12-15-8-6-9-19(20(15)13-18)17-11-16-7-4-5-10-21(16)22-14-17;1-2-5-9-7-3-6-8(9)4-1;1-3-2;;;/h4-14H,1-3H3;1-7H;3H,1-2H3;2*1H;/q;;;;;+2/p-2. The van der Waals surface area contributed by atoms with Crippen LogP contribution >= 0.6 is 17.0 Å². The van der Waals surface area contributed by atoms with E-state index >= 15 is 0 Å². The summed E-state index contributed by atoms with van der Waals surface area (Å²) in [6.07, 6.45) is 9.14. The van der Waals surface area contributed by atoms with Crippen LogP contribution in [0.4, 0.5) is 0 Å². The summed E-state index contributed by atoms with van der Waals surface area (Å²) in [6, 6.07) is 26.1. The van der Waals surface area contributed by atoms with E-state index in [-0.39, 0.29) is 7.25 Å². The molecule has 0 N–H and O–H groups in total. The number of allylic oxidation sites excluding steroid dienone is 2. The second-order valence-corrected chi connectivity index (χ2v) is 60.0. The maximum atomic E-state index is 8.33. The number of hydrogen-bond acceptors (Lipinski definition) is 1. The van der Waals surface area contributed by atoms with Crippen molar-refractivity contribution in [2.45, 2.75) is 40.0 Å². The molecule has 1 nitrogen and oxygen atoms in total. The fourth-order valence-electron chi connectivity index (χ4n) is 6.72. The number of halogens is 2. The molecule has 0 spiro atoms. The first kappa shape index (κ1) is 26.7. The average molecular weight is 651 g/mol. The number of hydrogen-bond donors (Lipinski definition) is 0. The van der Waals surface area contributed by atoms with E-state index in [0.717, 1.165) is 16.5 Å². The van der Waals surface area contributed by atoms with E-state index in [4.69, 9.17) is 22.0 Å². The van der Waals surface area contributed by atoms with Crippen molar-refractivity contribution in [2.24, 2.45) is 0 Å². The molecule has 6 rings (SSSR count).